The number of urea groups is 1. The van der Waals surface area contributed by atoms with Gasteiger partial charge in [0.25, 0.3) is 0 Å². The van der Waals surface area contributed by atoms with Crippen LogP contribution in [0.15, 0.2) is 0 Å². The summed E-state index contributed by atoms with van der Waals surface area (Å²) in [4.78, 5) is 13.9. The number of aromatic amines is 1. The Kier molecular flexibility index (Phi) is 5.64. The van der Waals surface area contributed by atoms with Gasteiger partial charge in [-0.05, 0) is 32.3 Å². The summed E-state index contributed by atoms with van der Waals surface area (Å²) >= 11 is 0. The Morgan fingerprint density at radius 2 is 2.00 bits per heavy atom. The Bertz CT molecular complexity index is 636. The minimum Gasteiger partial charge on any atom is -0.338 e. The van der Waals surface area contributed by atoms with Crippen molar-refractivity contribution < 1.29 is 13.2 Å². The number of aryl methyl sites for hydroxylation is 2. The molecule has 1 aromatic rings. The van der Waals surface area contributed by atoms with E-state index in [0.29, 0.717) is 39.1 Å². The predicted octanol–water partition coefficient (Wildman–Crippen LogP) is 0.246. The summed E-state index contributed by atoms with van der Waals surface area (Å²) in [6.07, 6.45) is 2.59. The van der Waals surface area contributed by atoms with Crippen molar-refractivity contribution in [2.24, 2.45) is 0 Å². The van der Waals surface area contributed by atoms with E-state index in [9.17, 15) is 13.2 Å². The van der Waals surface area contributed by atoms with E-state index in [1.165, 1.54) is 10.6 Å². The van der Waals surface area contributed by atoms with Crippen LogP contribution in [-0.4, -0.2) is 72.8 Å². The Balaban J connectivity index is 1.82. The van der Waals surface area contributed by atoms with Crippen molar-refractivity contribution in [2.75, 3.05) is 39.0 Å². The number of hydrogen-bond donors (Lipinski definition) is 2. The zero-order chi connectivity index (χ0) is 17.0. The molecule has 23 heavy (non-hydrogen) atoms. The summed E-state index contributed by atoms with van der Waals surface area (Å²) in [5.74, 6) is 0. The lowest BCUT2D eigenvalue weighted by atomic mass is 10.1. The molecule has 0 atom stereocenters. The zero-order valence-electron chi connectivity index (χ0n) is 13.9. The highest BCUT2D eigenvalue weighted by molar-refractivity contribution is 7.88. The van der Waals surface area contributed by atoms with Crippen LogP contribution in [0.25, 0.3) is 0 Å². The van der Waals surface area contributed by atoms with Crippen LogP contribution in [0.1, 0.15) is 23.4 Å². The topological polar surface area (TPSA) is 98.4 Å². The molecule has 2 heterocycles. The Labute approximate surface area is 137 Å². The van der Waals surface area contributed by atoms with Gasteiger partial charge < -0.3 is 10.2 Å². The van der Waals surface area contributed by atoms with Crippen molar-refractivity contribution in [1.82, 2.24) is 24.7 Å². The Morgan fingerprint density at radius 3 is 2.61 bits per heavy atom. The molecule has 0 spiro atoms. The lowest BCUT2D eigenvalue weighted by Crippen LogP contribution is -2.43. The number of hydrogen-bond acceptors (Lipinski definition) is 4. The smallest absolute Gasteiger partial charge is 0.317 e. The van der Waals surface area contributed by atoms with E-state index in [2.05, 4.69) is 15.5 Å². The second-order valence-electron chi connectivity index (χ2n) is 5.90. The molecule has 0 saturated carbocycles. The summed E-state index contributed by atoms with van der Waals surface area (Å²) in [5, 5.41) is 9.97. The van der Waals surface area contributed by atoms with Gasteiger partial charge in [-0.3, -0.25) is 5.10 Å². The van der Waals surface area contributed by atoms with Gasteiger partial charge in [0.05, 0.1) is 11.9 Å². The molecule has 0 radical (unpaired) electrons. The first-order chi connectivity index (χ1) is 10.8. The van der Waals surface area contributed by atoms with Crippen molar-refractivity contribution in [3.8, 4) is 0 Å². The molecule has 2 amide bonds. The van der Waals surface area contributed by atoms with Gasteiger partial charge in [0.15, 0.2) is 0 Å². The number of H-pyrrole nitrogens is 1. The van der Waals surface area contributed by atoms with E-state index in [1.807, 2.05) is 13.8 Å². The van der Waals surface area contributed by atoms with E-state index in [4.69, 9.17) is 0 Å². The molecule has 9 heteroatoms. The molecule has 1 fully saturated rings. The Hall–Kier alpha value is -1.61. The first-order valence-electron chi connectivity index (χ1n) is 7.77. The number of nitrogens with zero attached hydrogens (tertiary/aromatic N) is 3. The molecule has 2 N–H and O–H groups in total. The van der Waals surface area contributed by atoms with Crippen LogP contribution in [0.3, 0.4) is 0 Å². The molecular weight excluding hydrogens is 318 g/mol. The minimum absolute atomic E-state index is 0.140. The van der Waals surface area contributed by atoms with Crippen molar-refractivity contribution >= 4 is 16.1 Å². The largest absolute Gasteiger partial charge is 0.338 e. The molecule has 0 aromatic carbocycles. The molecule has 1 aliphatic heterocycles. The zero-order valence-corrected chi connectivity index (χ0v) is 14.7. The first kappa shape index (κ1) is 17.7. The summed E-state index contributed by atoms with van der Waals surface area (Å²) in [6.45, 7) is 6.25. The number of nitrogens with one attached hydrogen (secondary N) is 2. The number of amides is 2. The van der Waals surface area contributed by atoms with Crippen molar-refractivity contribution in [2.45, 2.75) is 26.7 Å². The van der Waals surface area contributed by atoms with Crippen LogP contribution >= 0.6 is 0 Å². The predicted molar refractivity (Wildman–Crippen MR) is 87.8 cm³/mol. The van der Waals surface area contributed by atoms with Crippen LogP contribution < -0.4 is 5.32 Å². The molecule has 0 bridgehead atoms. The SMILES string of the molecule is Cc1n[nH]c(C)c1CCNC(=O)N1CCCN(S(C)(=O)=O)CC1. The highest BCUT2D eigenvalue weighted by Crippen LogP contribution is 2.10. The quantitative estimate of drug-likeness (QED) is 0.818. The fourth-order valence-corrected chi connectivity index (χ4v) is 3.65. The molecule has 1 saturated heterocycles. The highest BCUT2D eigenvalue weighted by Gasteiger charge is 2.23. The third kappa shape index (κ3) is 4.68. The number of aromatic nitrogens is 2. The summed E-state index contributed by atoms with van der Waals surface area (Å²) in [6, 6.07) is -0.140. The lowest BCUT2D eigenvalue weighted by molar-refractivity contribution is 0.200. The summed E-state index contributed by atoms with van der Waals surface area (Å²) in [7, 11) is -3.19. The number of carbonyl (C=O) groups is 1. The maximum atomic E-state index is 12.2. The van der Waals surface area contributed by atoms with Crippen molar-refractivity contribution in [3.63, 3.8) is 0 Å². The van der Waals surface area contributed by atoms with Crippen LogP contribution in [0.2, 0.25) is 0 Å². The monoisotopic (exact) mass is 343 g/mol. The lowest BCUT2D eigenvalue weighted by Gasteiger charge is -2.21. The van der Waals surface area contributed by atoms with Crippen LogP contribution in [0.5, 0.6) is 0 Å². The first-order valence-corrected chi connectivity index (χ1v) is 9.62. The fraction of sp³-hybridized carbons (Fsp3) is 0.714. The van der Waals surface area contributed by atoms with Gasteiger partial charge in [-0.2, -0.15) is 5.10 Å². The third-order valence-electron chi connectivity index (χ3n) is 4.14. The number of carbonyl (C=O) groups excluding carboxylic acids is 1. The minimum atomic E-state index is -3.19. The molecule has 0 aliphatic carbocycles. The van der Waals surface area contributed by atoms with Gasteiger partial charge >= 0.3 is 6.03 Å². The van der Waals surface area contributed by atoms with Crippen LogP contribution in [-0.2, 0) is 16.4 Å². The van der Waals surface area contributed by atoms with Crippen molar-refractivity contribution in [1.29, 1.82) is 0 Å². The van der Waals surface area contributed by atoms with Crippen LogP contribution in [0, 0.1) is 13.8 Å². The molecular formula is C14H25N5O3S. The standard InChI is InChI=1S/C14H25N5O3S/c1-11-13(12(2)17-16-11)5-6-15-14(20)18-7-4-8-19(10-9-18)23(3,21)22/h4-10H2,1-3H3,(H,15,20)(H,16,17). The number of rotatable bonds is 4. The van der Waals surface area contributed by atoms with Gasteiger partial charge in [-0.25, -0.2) is 17.5 Å². The van der Waals surface area contributed by atoms with E-state index >= 15 is 0 Å². The molecule has 1 aromatic heterocycles. The molecule has 2 rings (SSSR count). The summed E-state index contributed by atoms with van der Waals surface area (Å²) in [5.41, 5.74) is 3.11. The van der Waals surface area contributed by atoms with Crippen LogP contribution in [0.4, 0.5) is 4.79 Å². The third-order valence-corrected chi connectivity index (χ3v) is 5.45. The maximum absolute atomic E-state index is 12.2. The molecule has 1 aliphatic rings. The van der Waals surface area contributed by atoms with Gasteiger partial charge in [0.2, 0.25) is 10.0 Å². The maximum Gasteiger partial charge on any atom is 0.317 e. The van der Waals surface area contributed by atoms with Gasteiger partial charge in [-0.1, -0.05) is 0 Å². The number of sulfonamides is 1. The van der Waals surface area contributed by atoms with E-state index in [-0.39, 0.29) is 6.03 Å². The second kappa shape index (κ2) is 7.31. The highest BCUT2D eigenvalue weighted by atomic mass is 32.2. The normalized spacial score (nSPS) is 17.1. The van der Waals surface area contributed by atoms with Gasteiger partial charge in [0.1, 0.15) is 0 Å². The average molecular weight is 343 g/mol. The molecule has 130 valence electrons. The Morgan fingerprint density at radius 1 is 1.26 bits per heavy atom. The average Bonchev–Trinajstić information content (AvgIpc) is 2.70. The van der Waals surface area contributed by atoms with Gasteiger partial charge in [0, 0.05) is 38.4 Å². The molecule has 8 nitrogen and oxygen atoms in total. The van der Waals surface area contributed by atoms with E-state index < -0.39 is 10.0 Å². The van der Waals surface area contributed by atoms with Crippen molar-refractivity contribution in [3.05, 3.63) is 17.0 Å². The fourth-order valence-electron chi connectivity index (χ4n) is 2.78. The molecule has 0 unspecified atom stereocenters. The second-order valence-corrected chi connectivity index (χ2v) is 7.88. The summed E-state index contributed by atoms with van der Waals surface area (Å²) < 4.78 is 24.6. The van der Waals surface area contributed by atoms with E-state index in [1.54, 1.807) is 4.90 Å². The van der Waals surface area contributed by atoms with E-state index in [0.717, 1.165) is 23.4 Å². The van der Waals surface area contributed by atoms with Gasteiger partial charge in [-0.15, -0.1) is 0 Å².